The summed E-state index contributed by atoms with van der Waals surface area (Å²) in [6.07, 6.45) is -0.149. The van der Waals surface area contributed by atoms with E-state index in [-0.39, 0.29) is 23.7 Å². The number of phenolic OH excluding ortho intramolecular Hbond substituents is 1. The fourth-order valence-electron chi connectivity index (χ4n) is 1.22. The number of hydrogen-bond acceptors (Lipinski definition) is 5. The summed E-state index contributed by atoms with van der Waals surface area (Å²) in [5.74, 6) is -0.411. The number of nitrogens with two attached hydrogens (primary N) is 1. The Hall–Kier alpha value is -1.21. The molecular weight excluding hydrogens is 274 g/mol. The number of benzene rings is 1. The van der Waals surface area contributed by atoms with Crippen molar-refractivity contribution in [2.75, 3.05) is 17.3 Å². The number of sulfone groups is 1. The van der Waals surface area contributed by atoms with E-state index in [2.05, 4.69) is 0 Å². The van der Waals surface area contributed by atoms with Crippen LogP contribution in [0.15, 0.2) is 29.2 Å². The lowest BCUT2D eigenvalue weighted by atomic mass is 10.3. The van der Waals surface area contributed by atoms with Crippen LogP contribution in [0.25, 0.3) is 0 Å². The summed E-state index contributed by atoms with van der Waals surface area (Å²) >= 11 is 1.26. The van der Waals surface area contributed by atoms with Crippen molar-refractivity contribution in [3.05, 3.63) is 24.3 Å². The second kappa shape index (κ2) is 6.65. The van der Waals surface area contributed by atoms with Gasteiger partial charge in [-0.1, -0.05) is 12.1 Å². The maximum atomic E-state index is 11.5. The van der Waals surface area contributed by atoms with Crippen LogP contribution in [-0.2, 0) is 14.6 Å². The molecule has 0 saturated heterocycles. The first-order valence-corrected chi connectivity index (χ1v) is 8.11. The van der Waals surface area contributed by atoms with E-state index in [1.54, 1.807) is 24.3 Å². The van der Waals surface area contributed by atoms with Gasteiger partial charge in [-0.05, 0) is 12.1 Å². The normalized spacial score (nSPS) is 11.3. The zero-order valence-electron chi connectivity index (χ0n) is 9.70. The van der Waals surface area contributed by atoms with Gasteiger partial charge in [0.15, 0.2) is 9.84 Å². The number of carbonyl (C=O) groups excluding carboxylic acids is 1. The van der Waals surface area contributed by atoms with Gasteiger partial charge < -0.3 is 10.8 Å². The van der Waals surface area contributed by atoms with Crippen molar-refractivity contribution in [1.82, 2.24) is 0 Å². The van der Waals surface area contributed by atoms with Gasteiger partial charge in [-0.25, -0.2) is 8.42 Å². The average Bonchev–Trinajstić information content (AvgIpc) is 2.29. The van der Waals surface area contributed by atoms with E-state index in [4.69, 9.17) is 5.73 Å². The summed E-state index contributed by atoms with van der Waals surface area (Å²) in [6.45, 7) is 0. The molecule has 0 saturated carbocycles. The van der Waals surface area contributed by atoms with Gasteiger partial charge in [0, 0.05) is 17.1 Å². The van der Waals surface area contributed by atoms with Crippen LogP contribution in [0, 0.1) is 0 Å². The maximum Gasteiger partial charge on any atom is 0.218 e. The number of phenols is 1. The van der Waals surface area contributed by atoms with Gasteiger partial charge >= 0.3 is 0 Å². The van der Waals surface area contributed by atoms with E-state index < -0.39 is 15.7 Å². The second-order valence-corrected chi connectivity index (χ2v) is 7.12. The highest BCUT2D eigenvalue weighted by atomic mass is 32.2. The van der Waals surface area contributed by atoms with Crippen LogP contribution in [0.4, 0.5) is 0 Å². The molecule has 100 valence electrons. The molecule has 5 nitrogen and oxygen atoms in total. The number of amides is 1. The molecule has 0 spiro atoms. The fourth-order valence-corrected chi connectivity index (χ4v) is 3.89. The predicted octanol–water partition coefficient (Wildman–Crippen LogP) is 0.774. The Morgan fingerprint density at radius 1 is 1.28 bits per heavy atom. The molecule has 7 heteroatoms. The molecule has 18 heavy (non-hydrogen) atoms. The first kappa shape index (κ1) is 14.8. The molecular formula is C11H15NO4S2. The fraction of sp³-hybridized carbons (Fsp3) is 0.364. The van der Waals surface area contributed by atoms with Crippen molar-refractivity contribution in [3.63, 3.8) is 0 Å². The van der Waals surface area contributed by atoms with Crippen molar-refractivity contribution in [2.24, 2.45) is 5.73 Å². The molecule has 0 aliphatic carbocycles. The highest BCUT2D eigenvalue weighted by molar-refractivity contribution is 8.00. The van der Waals surface area contributed by atoms with Gasteiger partial charge in [-0.3, -0.25) is 4.79 Å². The zero-order valence-corrected chi connectivity index (χ0v) is 11.3. The molecule has 0 atom stereocenters. The molecule has 0 fully saturated rings. The highest BCUT2D eigenvalue weighted by Crippen LogP contribution is 2.27. The Labute approximate surface area is 110 Å². The SMILES string of the molecule is NC(=O)CCS(=O)(=O)CCSc1ccccc1O. The second-order valence-electron chi connectivity index (χ2n) is 3.68. The monoisotopic (exact) mass is 289 g/mol. The lowest BCUT2D eigenvalue weighted by Crippen LogP contribution is -2.19. The van der Waals surface area contributed by atoms with Crippen molar-refractivity contribution in [2.45, 2.75) is 11.3 Å². The largest absolute Gasteiger partial charge is 0.507 e. The average molecular weight is 289 g/mol. The summed E-state index contributed by atoms with van der Waals surface area (Å²) in [7, 11) is -3.26. The molecule has 0 bridgehead atoms. The van der Waals surface area contributed by atoms with Gasteiger partial charge in [-0.2, -0.15) is 0 Å². The van der Waals surface area contributed by atoms with E-state index in [1.165, 1.54) is 11.8 Å². The molecule has 0 aliphatic rings. The zero-order chi connectivity index (χ0) is 13.6. The minimum Gasteiger partial charge on any atom is -0.507 e. The quantitative estimate of drug-likeness (QED) is 0.723. The Morgan fingerprint density at radius 2 is 1.94 bits per heavy atom. The first-order chi connectivity index (χ1) is 8.41. The third kappa shape index (κ3) is 5.42. The Morgan fingerprint density at radius 3 is 2.56 bits per heavy atom. The Kier molecular flexibility index (Phi) is 5.49. The highest BCUT2D eigenvalue weighted by Gasteiger charge is 2.12. The molecule has 0 aliphatic heterocycles. The standard InChI is InChI=1S/C11H15NO4S2/c12-11(14)5-7-18(15,16)8-6-17-10-4-2-1-3-9(10)13/h1-4,13H,5-8H2,(H2,12,14). The van der Waals surface area contributed by atoms with Gasteiger partial charge in [0.25, 0.3) is 0 Å². The molecule has 1 rings (SSSR count). The van der Waals surface area contributed by atoms with Gasteiger partial charge in [0.05, 0.1) is 11.5 Å². The summed E-state index contributed by atoms with van der Waals surface area (Å²) in [5.41, 5.74) is 4.90. The van der Waals surface area contributed by atoms with Crippen LogP contribution < -0.4 is 5.73 Å². The predicted molar refractivity (Wildman–Crippen MR) is 71.3 cm³/mol. The lowest BCUT2D eigenvalue weighted by Gasteiger charge is -2.04. The molecule has 0 unspecified atom stereocenters. The Bertz CT molecular complexity index is 514. The van der Waals surface area contributed by atoms with E-state index in [0.29, 0.717) is 10.6 Å². The Balaban J connectivity index is 2.42. The molecule has 1 aromatic rings. The van der Waals surface area contributed by atoms with Crippen LogP contribution >= 0.6 is 11.8 Å². The number of primary amides is 1. The number of rotatable bonds is 7. The minimum absolute atomic E-state index is 0.0424. The molecule has 0 radical (unpaired) electrons. The van der Waals surface area contributed by atoms with Crippen molar-refractivity contribution >= 4 is 27.5 Å². The van der Waals surface area contributed by atoms with Crippen LogP contribution in [0.5, 0.6) is 5.75 Å². The third-order valence-corrected chi connectivity index (χ3v) is 5.15. The molecule has 0 aromatic heterocycles. The van der Waals surface area contributed by atoms with Crippen LogP contribution in [0.3, 0.4) is 0 Å². The van der Waals surface area contributed by atoms with E-state index >= 15 is 0 Å². The summed E-state index contributed by atoms with van der Waals surface area (Å²) in [5, 5.41) is 9.48. The van der Waals surface area contributed by atoms with Crippen LogP contribution in [-0.4, -0.2) is 36.7 Å². The van der Waals surface area contributed by atoms with Crippen molar-refractivity contribution < 1.29 is 18.3 Å². The van der Waals surface area contributed by atoms with E-state index in [9.17, 15) is 18.3 Å². The summed E-state index contributed by atoms with van der Waals surface area (Å²) < 4.78 is 23.1. The summed E-state index contributed by atoms with van der Waals surface area (Å²) in [6, 6.07) is 6.73. The van der Waals surface area contributed by atoms with E-state index in [1.807, 2.05) is 0 Å². The number of para-hydroxylation sites is 1. The first-order valence-electron chi connectivity index (χ1n) is 5.30. The van der Waals surface area contributed by atoms with Gasteiger partial charge in [0.2, 0.25) is 5.91 Å². The minimum atomic E-state index is -3.26. The number of thioether (sulfide) groups is 1. The third-order valence-electron chi connectivity index (χ3n) is 2.18. The topological polar surface area (TPSA) is 97.5 Å². The number of aromatic hydroxyl groups is 1. The van der Waals surface area contributed by atoms with Crippen molar-refractivity contribution in [3.8, 4) is 5.75 Å². The van der Waals surface area contributed by atoms with Gasteiger partial charge in [-0.15, -0.1) is 11.8 Å². The number of hydrogen-bond donors (Lipinski definition) is 2. The van der Waals surface area contributed by atoms with Crippen LogP contribution in [0.1, 0.15) is 6.42 Å². The molecule has 1 aromatic carbocycles. The molecule has 3 N–H and O–H groups in total. The molecule has 1 amide bonds. The number of carbonyl (C=O) groups is 1. The smallest absolute Gasteiger partial charge is 0.218 e. The van der Waals surface area contributed by atoms with Gasteiger partial charge in [0.1, 0.15) is 5.75 Å². The van der Waals surface area contributed by atoms with E-state index in [0.717, 1.165) is 0 Å². The molecule has 0 heterocycles. The summed E-state index contributed by atoms with van der Waals surface area (Å²) in [4.78, 5) is 11.1. The lowest BCUT2D eigenvalue weighted by molar-refractivity contribution is -0.117. The van der Waals surface area contributed by atoms with Crippen molar-refractivity contribution in [1.29, 1.82) is 0 Å². The maximum absolute atomic E-state index is 11.5. The van der Waals surface area contributed by atoms with Crippen LogP contribution in [0.2, 0.25) is 0 Å².